The lowest BCUT2D eigenvalue weighted by molar-refractivity contribution is 0.257. The van der Waals surface area contributed by atoms with E-state index in [1.165, 1.54) is 0 Å². The summed E-state index contributed by atoms with van der Waals surface area (Å²) in [7, 11) is 0.409. The normalized spacial score (nSPS) is 19.6. The molecule has 7 heteroatoms. The van der Waals surface area contributed by atoms with Gasteiger partial charge in [0.15, 0.2) is 0 Å². The third-order valence-electron chi connectivity index (χ3n) is 3.86. The maximum atomic E-state index is 12.4. The van der Waals surface area contributed by atoms with Gasteiger partial charge < -0.3 is 4.42 Å². The standard InChI is InChI=1S/C14H25N3O3S/c1-16(2)13(14-8-7-11-20-14)12-15-21(18,19)17-9-5-3-4-6-10-17/h7-8,11,13,15H,3-6,9-10,12H2,1-2H3. The highest BCUT2D eigenvalue weighted by molar-refractivity contribution is 7.87. The molecule has 0 amide bonds. The predicted octanol–water partition coefficient (Wildman–Crippen LogP) is 1.59. The van der Waals surface area contributed by atoms with Gasteiger partial charge in [-0.05, 0) is 39.1 Å². The average molecular weight is 315 g/mol. The summed E-state index contributed by atoms with van der Waals surface area (Å²) in [5, 5.41) is 0. The molecule has 0 aliphatic carbocycles. The van der Waals surface area contributed by atoms with Crippen molar-refractivity contribution in [1.29, 1.82) is 0 Å². The summed E-state index contributed by atoms with van der Waals surface area (Å²) in [6.07, 6.45) is 5.71. The lowest BCUT2D eigenvalue weighted by Gasteiger charge is -2.25. The predicted molar refractivity (Wildman–Crippen MR) is 82.1 cm³/mol. The Labute approximate surface area is 127 Å². The molecule has 1 atom stereocenters. The second-order valence-corrected chi connectivity index (χ2v) is 7.42. The van der Waals surface area contributed by atoms with Gasteiger partial charge in [0.1, 0.15) is 5.76 Å². The highest BCUT2D eigenvalue weighted by atomic mass is 32.2. The van der Waals surface area contributed by atoms with E-state index in [0.29, 0.717) is 19.6 Å². The SMILES string of the molecule is CN(C)C(CNS(=O)(=O)N1CCCCCC1)c1ccco1. The second kappa shape index (κ2) is 7.40. The first kappa shape index (κ1) is 16.5. The van der Waals surface area contributed by atoms with Crippen LogP contribution in [-0.2, 0) is 10.2 Å². The van der Waals surface area contributed by atoms with Crippen LogP contribution in [0, 0.1) is 0 Å². The van der Waals surface area contributed by atoms with Crippen LogP contribution in [0.15, 0.2) is 22.8 Å². The van der Waals surface area contributed by atoms with Gasteiger partial charge >= 0.3 is 0 Å². The molecule has 1 saturated heterocycles. The van der Waals surface area contributed by atoms with Crippen LogP contribution in [0.3, 0.4) is 0 Å². The molecule has 120 valence electrons. The first-order valence-corrected chi connectivity index (χ1v) is 8.89. The monoisotopic (exact) mass is 315 g/mol. The Balaban J connectivity index is 1.99. The van der Waals surface area contributed by atoms with Gasteiger partial charge in [-0.25, -0.2) is 4.72 Å². The quantitative estimate of drug-likeness (QED) is 0.866. The average Bonchev–Trinajstić information content (AvgIpc) is 2.79. The van der Waals surface area contributed by atoms with Crippen LogP contribution in [0.25, 0.3) is 0 Å². The zero-order chi connectivity index (χ0) is 15.3. The van der Waals surface area contributed by atoms with Crippen molar-refractivity contribution < 1.29 is 12.8 Å². The van der Waals surface area contributed by atoms with Gasteiger partial charge in [-0.2, -0.15) is 12.7 Å². The number of hydrogen-bond donors (Lipinski definition) is 1. The summed E-state index contributed by atoms with van der Waals surface area (Å²) in [5.41, 5.74) is 0. The molecule has 6 nitrogen and oxygen atoms in total. The van der Waals surface area contributed by atoms with Crippen molar-refractivity contribution in [3.8, 4) is 0 Å². The van der Waals surface area contributed by atoms with Crippen molar-refractivity contribution in [3.05, 3.63) is 24.2 Å². The number of furan rings is 1. The van der Waals surface area contributed by atoms with E-state index in [-0.39, 0.29) is 6.04 Å². The van der Waals surface area contributed by atoms with Gasteiger partial charge in [-0.15, -0.1) is 0 Å². The molecule has 1 unspecified atom stereocenters. The van der Waals surface area contributed by atoms with Crippen LogP contribution in [0.2, 0.25) is 0 Å². The van der Waals surface area contributed by atoms with Crippen molar-refractivity contribution in [2.24, 2.45) is 0 Å². The molecule has 0 bridgehead atoms. The van der Waals surface area contributed by atoms with E-state index in [4.69, 9.17) is 4.42 Å². The van der Waals surface area contributed by atoms with Gasteiger partial charge in [0, 0.05) is 19.6 Å². The fraction of sp³-hybridized carbons (Fsp3) is 0.714. The van der Waals surface area contributed by atoms with Crippen molar-refractivity contribution in [2.75, 3.05) is 33.7 Å². The van der Waals surface area contributed by atoms with Crippen molar-refractivity contribution >= 4 is 10.2 Å². The van der Waals surface area contributed by atoms with Crippen molar-refractivity contribution in [1.82, 2.24) is 13.9 Å². The molecule has 1 aliphatic rings. The van der Waals surface area contributed by atoms with E-state index in [9.17, 15) is 8.42 Å². The van der Waals surface area contributed by atoms with E-state index in [1.807, 2.05) is 31.1 Å². The van der Waals surface area contributed by atoms with Gasteiger partial charge in [0.2, 0.25) is 0 Å². The molecule has 1 aromatic rings. The van der Waals surface area contributed by atoms with Crippen LogP contribution >= 0.6 is 0 Å². The minimum absolute atomic E-state index is 0.109. The number of nitrogens with one attached hydrogen (secondary N) is 1. The van der Waals surface area contributed by atoms with E-state index >= 15 is 0 Å². The van der Waals surface area contributed by atoms with Crippen LogP contribution in [-0.4, -0.2) is 51.4 Å². The van der Waals surface area contributed by atoms with Crippen LogP contribution < -0.4 is 4.72 Å². The molecule has 0 spiro atoms. The Morgan fingerprint density at radius 1 is 1.29 bits per heavy atom. The highest BCUT2D eigenvalue weighted by Gasteiger charge is 2.25. The lowest BCUT2D eigenvalue weighted by Crippen LogP contribution is -2.44. The molecule has 2 rings (SSSR count). The number of nitrogens with zero attached hydrogens (tertiary/aromatic N) is 2. The van der Waals surface area contributed by atoms with Crippen LogP contribution in [0.4, 0.5) is 0 Å². The molecule has 1 fully saturated rings. The maximum Gasteiger partial charge on any atom is 0.279 e. The van der Waals surface area contributed by atoms with Gasteiger partial charge in [-0.3, -0.25) is 4.90 Å². The second-order valence-electron chi connectivity index (χ2n) is 5.66. The zero-order valence-corrected chi connectivity index (χ0v) is 13.6. The fourth-order valence-electron chi connectivity index (χ4n) is 2.58. The summed E-state index contributed by atoms with van der Waals surface area (Å²) in [6.45, 7) is 1.53. The minimum atomic E-state index is -3.41. The van der Waals surface area contributed by atoms with E-state index in [2.05, 4.69) is 4.72 Å². The number of rotatable bonds is 6. The molecule has 1 aliphatic heterocycles. The molecule has 0 aromatic carbocycles. The summed E-state index contributed by atoms with van der Waals surface area (Å²) in [6, 6.07) is 3.57. The summed E-state index contributed by atoms with van der Waals surface area (Å²) in [5.74, 6) is 0.763. The van der Waals surface area contributed by atoms with E-state index in [1.54, 1.807) is 10.6 Å². The Hall–Kier alpha value is -0.890. The third kappa shape index (κ3) is 4.54. The van der Waals surface area contributed by atoms with E-state index < -0.39 is 10.2 Å². The zero-order valence-electron chi connectivity index (χ0n) is 12.8. The van der Waals surface area contributed by atoms with E-state index in [0.717, 1.165) is 31.4 Å². The number of hydrogen-bond acceptors (Lipinski definition) is 4. The van der Waals surface area contributed by atoms with Crippen molar-refractivity contribution in [2.45, 2.75) is 31.7 Å². The molecule has 1 aromatic heterocycles. The minimum Gasteiger partial charge on any atom is -0.468 e. The third-order valence-corrected chi connectivity index (χ3v) is 5.44. The fourth-order valence-corrected chi connectivity index (χ4v) is 3.87. The number of likely N-dealkylation sites (N-methyl/N-ethyl adjacent to an activating group) is 1. The molecule has 21 heavy (non-hydrogen) atoms. The lowest BCUT2D eigenvalue weighted by atomic mass is 10.2. The molecule has 2 heterocycles. The maximum absolute atomic E-state index is 12.4. The smallest absolute Gasteiger partial charge is 0.279 e. The Kier molecular flexibility index (Phi) is 5.80. The molecular weight excluding hydrogens is 290 g/mol. The highest BCUT2D eigenvalue weighted by Crippen LogP contribution is 2.19. The van der Waals surface area contributed by atoms with Crippen LogP contribution in [0.1, 0.15) is 37.5 Å². The van der Waals surface area contributed by atoms with Crippen molar-refractivity contribution in [3.63, 3.8) is 0 Å². The first-order valence-electron chi connectivity index (χ1n) is 7.45. The summed E-state index contributed by atoms with van der Waals surface area (Å²) < 4.78 is 34.5. The topological polar surface area (TPSA) is 65.8 Å². The largest absolute Gasteiger partial charge is 0.468 e. The van der Waals surface area contributed by atoms with Gasteiger partial charge in [0.05, 0.1) is 12.3 Å². The Morgan fingerprint density at radius 2 is 1.95 bits per heavy atom. The Morgan fingerprint density at radius 3 is 2.48 bits per heavy atom. The summed E-state index contributed by atoms with van der Waals surface area (Å²) >= 11 is 0. The molecule has 1 N–H and O–H groups in total. The molecule has 0 radical (unpaired) electrons. The Bertz CT molecular complexity index is 506. The van der Waals surface area contributed by atoms with Gasteiger partial charge in [0.25, 0.3) is 10.2 Å². The van der Waals surface area contributed by atoms with Crippen LogP contribution in [0.5, 0.6) is 0 Å². The first-order chi connectivity index (χ1) is 10.0. The summed E-state index contributed by atoms with van der Waals surface area (Å²) in [4.78, 5) is 1.95. The van der Waals surface area contributed by atoms with Gasteiger partial charge in [-0.1, -0.05) is 12.8 Å². The molecule has 0 saturated carbocycles. The molecular formula is C14H25N3O3S.